The zero-order chi connectivity index (χ0) is 38.9. The number of halogens is 3. The van der Waals surface area contributed by atoms with Gasteiger partial charge in [-0.3, -0.25) is 9.59 Å². The lowest BCUT2D eigenvalue weighted by molar-refractivity contribution is -0.282. The van der Waals surface area contributed by atoms with Crippen LogP contribution in [0.1, 0.15) is 70.8 Å². The minimum atomic E-state index is -4.63. The van der Waals surface area contributed by atoms with E-state index in [2.05, 4.69) is 9.88 Å². The van der Waals surface area contributed by atoms with E-state index in [1.807, 2.05) is 13.8 Å². The van der Waals surface area contributed by atoms with Crippen molar-refractivity contribution in [3.8, 4) is 0 Å². The summed E-state index contributed by atoms with van der Waals surface area (Å²) in [6.07, 6.45) is 2.51. The van der Waals surface area contributed by atoms with E-state index in [4.69, 9.17) is 19.9 Å². The van der Waals surface area contributed by atoms with Gasteiger partial charge >= 0.3 is 6.18 Å². The Hall–Kier alpha value is -2.85. The minimum absolute atomic E-state index is 0.0172. The molecule has 5 aliphatic heterocycles. The highest BCUT2D eigenvalue weighted by Crippen LogP contribution is 2.62. The van der Waals surface area contributed by atoms with Gasteiger partial charge < -0.3 is 39.4 Å². The Morgan fingerprint density at radius 3 is 2.56 bits per heavy atom. The Bertz CT molecular complexity index is 1770. The quantitative estimate of drug-likeness (QED) is 0.268. The molecule has 3 unspecified atom stereocenters. The van der Waals surface area contributed by atoms with Gasteiger partial charge in [0.15, 0.2) is 0 Å². The molecule has 2 N–H and O–H groups in total. The predicted molar refractivity (Wildman–Crippen MR) is 200 cm³/mol. The fourth-order valence-corrected chi connectivity index (χ4v) is 11.6. The van der Waals surface area contributed by atoms with E-state index >= 15 is 0 Å². The zero-order valence-corrected chi connectivity index (χ0v) is 32.8. The van der Waals surface area contributed by atoms with Crippen molar-refractivity contribution in [3.63, 3.8) is 0 Å². The smallest absolute Gasteiger partial charge is 0.384 e. The highest BCUT2D eigenvalue weighted by atomic mass is 32.1. The van der Waals surface area contributed by atoms with E-state index in [-0.39, 0.29) is 47.4 Å². The highest BCUT2D eigenvalue weighted by Gasteiger charge is 2.74. The summed E-state index contributed by atoms with van der Waals surface area (Å²) in [6.45, 7) is 8.03. The van der Waals surface area contributed by atoms with Crippen LogP contribution in [0.15, 0.2) is 17.6 Å². The summed E-state index contributed by atoms with van der Waals surface area (Å²) in [5.74, 6) is -2.23. The molecule has 302 valence electrons. The number of aromatic nitrogens is 1. The maximum atomic E-state index is 14.8. The van der Waals surface area contributed by atoms with Gasteiger partial charge in [0.2, 0.25) is 11.8 Å². The van der Waals surface area contributed by atoms with Crippen molar-refractivity contribution in [2.75, 3.05) is 64.6 Å². The fourth-order valence-electron chi connectivity index (χ4n) is 10.8. The Balaban J connectivity index is 1.19. The summed E-state index contributed by atoms with van der Waals surface area (Å²) in [4.78, 5) is 52.1. The minimum Gasteiger partial charge on any atom is -0.384 e. The molecule has 7 atom stereocenters. The predicted octanol–water partition coefficient (Wildman–Crippen LogP) is 5.35. The van der Waals surface area contributed by atoms with Gasteiger partial charge in [0.25, 0.3) is 0 Å². The molecule has 6 heterocycles. The van der Waals surface area contributed by atoms with Crippen LogP contribution in [-0.4, -0.2) is 111 Å². The number of methoxy groups -OCH3 is 1. The molecular weight excluding hydrogens is 736 g/mol. The van der Waals surface area contributed by atoms with Crippen LogP contribution in [0.4, 0.5) is 18.9 Å². The number of ether oxygens (including phenoxy) is 3. The van der Waals surface area contributed by atoms with Crippen molar-refractivity contribution in [2.24, 2.45) is 45.7 Å². The largest absolute Gasteiger partial charge is 0.416 e. The van der Waals surface area contributed by atoms with E-state index in [0.29, 0.717) is 55.5 Å². The third-order valence-electron chi connectivity index (χ3n) is 14.1. The first-order chi connectivity index (χ1) is 26.2. The van der Waals surface area contributed by atoms with E-state index in [1.54, 1.807) is 16.9 Å². The highest BCUT2D eigenvalue weighted by molar-refractivity contribution is 7.17. The van der Waals surface area contributed by atoms with E-state index in [9.17, 15) is 27.6 Å². The van der Waals surface area contributed by atoms with Gasteiger partial charge in [-0.2, -0.15) is 13.2 Å². The van der Waals surface area contributed by atoms with Gasteiger partial charge in [-0.05, 0) is 87.9 Å². The lowest BCUT2D eigenvalue weighted by Crippen LogP contribution is -2.80. The van der Waals surface area contributed by atoms with Crippen LogP contribution < -0.4 is 10.6 Å². The molecule has 0 radical (unpaired) electrons. The lowest BCUT2D eigenvalue weighted by Gasteiger charge is -2.65. The molecule has 55 heavy (non-hydrogen) atoms. The average molecular weight is 790 g/mol. The molecule has 2 aliphatic carbocycles. The van der Waals surface area contributed by atoms with Crippen LogP contribution in [0.5, 0.6) is 0 Å². The van der Waals surface area contributed by atoms with Crippen molar-refractivity contribution in [3.05, 3.63) is 23.2 Å². The van der Waals surface area contributed by atoms with E-state index in [0.717, 1.165) is 70.0 Å². The molecule has 1 spiro atoms. The van der Waals surface area contributed by atoms with Gasteiger partial charge in [0, 0.05) is 44.0 Å². The van der Waals surface area contributed by atoms with Crippen LogP contribution in [0.3, 0.4) is 0 Å². The maximum absolute atomic E-state index is 14.8. The third-order valence-corrected chi connectivity index (χ3v) is 15.0. The number of hydrogen-bond donors (Lipinski definition) is 1. The first-order valence-electron chi connectivity index (χ1n) is 19.9. The third kappa shape index (κ3) is 6.97. The Labute approximate surface area is 324 Å². The molecule has 11 nitrogen and oxygen atoms in total. The number of carbonyl (C=O) groups is 3. The van der Waals surface area contributed by atoms with Crippen LogP contribution >= 0.6 is 11.3 Å². The molecular formula is C40H54F3N5O6S. The van der Waals surface area contributed by atoms with Crippen molar-refractivity contribution in [2.45, 2.75) is 89.8 Å². The van der Waals surface area contributed by atoms with Crippen LogP contribution in [0.2, 0.25) is 0 Å². The number of nitrogens with zero attached hydrogens (tertiary/aromatic N) is 4. The molecule has 5 saturated heterocycles. The number of amides is 2. The number of piperidine rings is 1. The molecule has 2 amide bonds. The first-order valence-corrected chi connectivity index (χ1v) is 20.8. The van der Waals surface area contributed by atoms with E-state index in [1.165, 1.54) is 16.8 Å². The average Bonchev–Trinajstić information content (AvgIpc) is 3.47. The number of carbonyl (C=O) groups excluding carboxylic acids is 3. The topological polar surface area (TPSA) is 128 Å². The standard InChI is InChI=1S/C40H54F3N5O6S/c1-37(2)15-28(37)35(51)48-33(25(18-49)8-12-46-11-4-5-24(16-46)19-52-3)39(36(48)54-22-38-9-6-27(7-10-38)53-21-38)20-47(17-29(39)34(44)50)31-14-26(40(41,42)43)13-30-32(31)55-23-45-30/h13-14,18,23-25,27-29,33,36H,4-12,15-17,19-22H2,1-3H3,(H2,44,50)/t24-,25+,27?,28+,29?,33?,36+,38?,39?/m0/s1. The number of benzene rings is 1. The molecule has 15 heteroatoms. The molecule has 2 bridgehead atoms. The normalized spacial score (nSPS) is 34.9. The van der Waals surface area contributed by atoms with Gasteiger partial charge in [-0.1, -0.05) is 13.8 Å². The van der Waals surface area contributed by atoms with Crippen molar-refractivity contribution in [1.82, 2.24) is 14.8 Å². The summed E-state index contributed by atoms with van der Waals surface area (Å²) >= 11 is 1.23. The summed E-state index contributed by atoms with van der Waals surface area (Å²) in [5.41, 5.74) is 5.86. The first kappa shape index (κ1) is 39.0. The Morgan fingerprint density at radius 1 is 1.16 bits per heavy atom. The number of anilines is 1. The number of rotatable bonds is 13. The second-order valence-corrected chi connectivity index (χ2v) is 19.0. The number of thiazole rings is 1. The van der Waals surface area contributed by atoms with Crippen molar-refractivity contribution >= 4 is 45.3 Å². The number of fused-ring (bicyclic) bond motifs is 4. The Morgan fingerprint density at radius 2 is 1.93 bits per heavy atom. The zero-order valence-electron chi connectivity index (χ0n) is 32.0. The molecule has 1 aromatic carbocycles. The summed E-state index contributed by atoms with van der Waals surface area (Å²) in [5, 5.41) is 0. The van der Waals surface area contributed by atoms with Gasteiger partial charge in [-0.15, -0.1) is 11.3 Å². The molecule has 7 fully saturated rings. The second-order valence-electron chi connectivity index (χ2n) is 18.1. The summed E-state index contributed by atoms with van der Waals surface area (Å²) < 4.78 is 62.0. The number of primary amides is 1. The fraction of sp³-hybridized carbons (Fsp3) is 0.750. The molecule has 7 aliphatic rings. The number of alkyl halides is 3. The van der Waals surface area contributed by atoms with Crippen LogP contribution in [0.25, 0.3) is 10.2 Å². The molecule has 2 saturated carbocycles. The monoisotopic (exact) mass is 789 g/mol. The van der Waals surface area contributed by atoms with Crippen LogP contribution in [-0.2, 0) is 34.8 Å². The summed E-state index contributed by atoms with van der Waals surface area (Å²) in [7, 11) is 1.70. The SMILES string of the molecule is COC[C@H]1CCCN(CC[C@H](C=O)C2N(C(=O)[C@H]3CC3(C)C)[C@H](OCC34CCC(CC3)OC4)C23CN(c2cc(C(F)(F)F)cc4ncsc24)CC3C(N)=O)C1. The molecule has 1 aromatic heterocycles. The van der Waals surface area contributed by atoms with Gasteiger partial charge in [0.05, 0.1) is 70.3 Å². The second kappa shape index (κ2) is 14.5. The lowest BCUT2D eigenvalue weighted by atomic mass is 9.58. The number of aldehydes is 1. The maximum Gasteiger partial charge on any atom is 0.416 e. The molecule has 9 rings (SSSR count). The van der Waals surface area contributed by atoms with Gasteiger partial charge in [-0.25, -0.2) is 4.98 Å². The van der Waals surface area contributed by atoms with Gasteiger partial charge in [0.1, 0.15) is 12.5 Å². The van der Waals surface area contributed by atoms with E-state index < -0.39 is 47.2 Å². The van der Waals surface area contributed by atoms with Crippen molar-refractivity contribution in [1.29, 1.82) is 0 Å². The van der Waals surface area contributed by atoms with Crippen molar-refractivity contribution < 1.29 is 41.8 Å². The number of nitrogens with two attached hydrogens (primary N) is 1. The summed E-state index contributed by atoms with van der Waals surface area (Å²) in [6, 6.07) is 1.42. The number of likely N-dealkylation sites (tertiary alicyclic amines) is 2. The molecule has 2 aromatic rings. The van der Waals surface area contributed by atoms with Crippen LogP contribution in [0, 0.1) is 39.9 Å². The Kier molecular flexibility index (Phi) is 10.3. The number of hydrogen-bond acceptors (Lipinski definition) is 10.